The van der Waals surface area contributed by atoms with E-state index in [2.05, 4.69) is 23.9 Å². The summed E-state index contributed by atoms with van der Waals surface area (Å²) in [5.74, 6) is -0.814. The molecule has 0 fully saturated rings. The molecule has 3 nitrogen and oxygen atoms in total. The SMILES string of the molecule is CC(C)CCCNc1cc(OC(F)F)c(F)cc1N. The summed E-state index contributed by atoms with van der Waals surface area (Å²) in [6.45, 7) is 1.80. The van der Waals surface area contributed by atoms with Crippen LogP contribution in [0.2, 0.25) is 0 Å². The molecule has 0 aliphatic rings. The minimum absolute atomic E-state index is 0.170. The Morgan fingerprint density at radius 2 is 2.00 bits per heavy atom. The van der Waals surface area contributed by atoms with Gasteiger partial charge in [0, 0.05) is 18.7 Å². The fourth-order valence-corrected chi connectivity index (χ4v) is 1.64. The molecular formula is C13H19F3N2O. The maximum Gasteiger partial charge on any atom is 0.387 e. The number of alkyl halides is 2. The van der Waals surface area contributed by atoms with Crippen molar-refractivity contribution in [1.82, 2.24) is 0 Å². The lowest BCUT2D eigenvalue weighted by molar-refractivity contribution is -0.0521. The lowest BCUT2D eigenvalue weighted by Crippen LogP contribution is -2.08. The monoisotopic (exact) mass is 276 g/mol. The molecule has 0 aliphatic heterocycles. The highest BCUT2D eigenvalue weighted by atomic mass is 19.3. The standard InChI is InChI=1S/C13H19F3N2O/c1-8(2)4-3-5-18-11-7-12(19-13(15)16)9(14)6-10(11)17/h6-8,13,18H,3-5,17H2,1-2H3. The number of halogens is 3. The second-order valence-electron chi connectivity index (χ2n) is 4.71. The minimum Gasteiger partial charge on any atom is -0.432 e. The number of anilines is 2. The molecule has 0 saturated carbocycles. The van der Waals surface area contributed by atoms with Crippen LogP contribution in [0.1, 0.15) is 26.7 Å². The van der Waals surface area contributed by atoms with Crippen LogP contribution in [0.15, 0.2) is 12.1 Å². The summed E-state index contributed by atoms with van der Waals surface area (Å²) < 4.78 is 41.6. The molecule has 0 atom stereocenters. The molecule has 0 aliphatic carbocycles. The number of hydrogen-bond acceptors (Lipinski definition) is 3. The van der Waals surface area contributed by atoms with Crippen molar-refractivity contribution in [2.45, 2.75) is 33.3 Å². The van der Waals surface area contributed by atoms with Gasteiger partial charge in [-0.3, -0.25) is 0 Å². The Kier molecular flexibility index (Phi) is 5.79. The van der Waals surface area contributed by atoms with Gasteiger partial charge in [-0.15, -0.1) is 0 Å². The van der Waals surface area contributed by atoms with Gasteiger partial charge in [-0.2, -0.15) is 8.78 Å². The molecule has 0 spiro atoms. The van der Waals surface area contributed by atoms with E-state index in [0.29, 0.717) is 18.2 Å². The number of rotatable bonds is 7. The summed E-state index contributed by atoms with van der Waals surface area (Å²) >= 11 is 0. The number of nitrogens with one attached hydrogen (secondary N) is 1. The topological polar surface area (TPSA) is 47.3 Å². The van der Waals surface area contributed by atoms with Gasteiger partial charge in [-0.1, -0.05) is 13.8 Å². The highest BCUT2D eigenvalue weighted by molar-refractivity contribution is 5.68. The number of nitrogens with two attached hydrogens (primary N) is 1. The van der Waals surface area contributed by atoms with Gasteiger partial charge in [0.05, 0.1) is 11.4 Å². The molecule has 0 heterocycles. The van der Waals surface area contributed by atoms with E-state index in [1.165, 1.54) is 0 Å². The van der Waals surface area contributed by atoms with E-state index in [9.17, 15) is 13.2 Å². The number of hydrogen-bond donors (Lipinski definition) is 2. The number of ether oxygens (including phenoxy) is 1. The second kappa shape index (κ2) is 7.11. The molecule has 1 aromatic carbocycles. The van der Waals surface area contributed by atoms with Gasteiger partial charge in [-0.25, -0.2) is 4.39 Å². The van der Waals surface area contributed by atoms with E-state index >= 15 is 0 Å². The molecule has 1 rings (SSSR count). The Balaban J connectivity index is 2.66. The van der Waals surface area contributed by atoms with Crippen LogP contribution in [0, 0.1) is 11.7 Å². The fourth-order valence-electron chi connectivity index (χ4n) is 1.64. The zero-order chi connectivity index (χ0) is 14.4. The van der Waals surface area contributed by atoms with Crippen LogP contribution in [0.25, 0.3) is 0 Å². The van der Waals surface area contributed by atoms with Crippen LogP contribution in [-0.4, -0.2) is 13.2 Å². The maximum atomic E-state index is 13.3. The summed E-state index contributed by atoms with van der Waals surface area (Å²) in [5.41, 5.74) is 6.19. The zero-order valence-electron chi connectivity index (χ0n) is 11.1. The van der Waals surface area contributed by atoms with Crippen molar-refractivity contribution in [1.29, 1.82) is 0 Å². The first-order chi connectivity index (χ1) is 8.90. The van der Waals surface area contributed by atoms with Gasteiger partial charge < -0.3 is 15.8 Å². The van der Waals surface area contributed by atoms with Gasteiger partial charge in [-0.05, 0) is 18.8 Å². The van der Waals surface area contributed by atoms with E-state index in [0.717, 1.165) is 25.0 Å². The largest absolute Gasteiger partial charge is 0.432 e. The maximum absolute atomic E-state index is 13.3. The Morgan fingerprint density at radius 1 is 1.32 bits per heavy atom. The lowest BCUT2D eigenvalue weighted by Gasteiger charge is -2.13. The van der Waals surface area contributed by atoms with Crippen molar-refractivity contribution < 1.29 is 17.9 Å². The first-order valence-corrected chi connectivity index (χ1v) is 6.18. The third kappa shape index (κ3) is 5.28. The van der Waals surface area contributed by atoms with Crippen LogP contribution in [0.4, 0.5) is 24.5 Å². The van der Waals surface area contributed by atoms with Crippen molar-refractivity contribution in [3.63, 3.8) is 0 Å². The van der Waals surface area contributed by atoms with Crippen LogP contribution in [0.5, 0.6) is 5.75 Å². The van der Waals surface area contributed by atoms with Crippen LogP contribution < -0.4 is 15.8 Å². The number of benzene rings is 1. The van der Waals surface area contributed by atoms with E-state index in [1.54, 1.807) is 0 Å². The molecule has 3 N–H and O–H groups in total. The summed E-state index contributed by atoms with van der Waals surface area (Å²) in [5, 5.41) is 2.99. The molecule has 0 radical (unpaired) electrons. The molecule has 0 unspecified atom stereocenters. The molecule has 0 saturated heterocycles. The molecule has 0 bridgehead atoms. The van der Waals surface area contributed by atoms with Gasteiger partial charge in [0.1, 0.15) is 0 Å². The normalized spacial score (nSPS) is 11.1. The van der Waals surface area contributed by atoms with Gasteiger partial charge >= 0.3 is 6.61 Å². The molecule has 1 aromatic rings. The van der Waals surface area contributed by atoms with Gasteiger partial charge in [0.15, 0.2) is 11.6 Å². The molecule has 6 heteroatoms. The highest BCUT2D eigenvalue weighted by Crippen LogP contribution is 2.29. The third-order valence-corrected chi connectivity index (χ3v) is 2.59. The summed E-state index contributed by atoms with van der Waals surface area (Å²) in [6, 6.07) is 2.13. The van der Waals surface area contributed by atoms with E-state index < -0.39 is 18.2 Å². The van der Waals surface area contributed by atoms with E-state index in [4.69, 9.17) is 5.73 Å². The van der Waals surface area contributed by atoms with Gasteiger partial charge in [0.25, 0.3) is 0 Å². The van der Waals surface area contributed by atoms with Crippen molar-refractivity contribution in [2.24, 2.45) is 5.92 Å². The third-order valence-electron chi connectivity index (χ3n) is 2.59. The van der Waals surface area contributed by atoms with E-state index in [-0.39, 0.29) is 5.69 Å². The minimum atomic E-state index is -3.06. The Hall–Kier alpha value is -1.59. The quantitative estimate of drug-likeness (QED) is 0.587. The number of nitrogen functional groups attached to an aromatic ring is 1. The predicted octanol–water partition coefficient (Wildman–Crippen LogP) is 3.86. The fraction of sp³-hybridized carbons (Fsp3) is 0.538. The molecule has 0 amide bonds. The first kappa shape index (κ1) is 15.5. The van der Waals surface area contributed by atoms with Crippen LogP contribution in [-0.2, 0) is 0 Å². The van der Waals surface area contributed by atoms with Crippen LogP contribution >= 0.6 is 0 Å². The van der Waals surface area contributed by atoms with Crippen LogP contribution in [0.3, 0.4) is 0 Å². The van der Waals surface area contributed by atoms with Crippen molar-refractivity contribution >= 4 is 11.4 Å². The second-order valence-corrected chi connectivity index (χ2v) is 4.71. The smallest absolute Gasteiger partial charge is 0.387 e. The summed E-state index contributed by atoms with van der Waals surface area (Å²) in [7, 11) is 0. The first-order valence-electron chi connectivity index (χ1n) is 6.18. The predicted molar refractivity (Wildman–Crippen MR) is 70.0 cm³/mol. The van der Waals surface area contributed by atoms with Crippen molar-refractivity contribution in [3.05, 3.63) is 17.9 Å². The molecule has 108 valence electrons. The Bertz CT molecular complexity index is 411. The van der Waals surface area contributed by atoms with Crippen molar-refractivity contribution in [2.75, 3.05) is 17.6 Å². The Labute approximate surface area is 110 Å². The lowest BCUT2D eigenvalue weighted by atomic mass is 10.1. The van der Waals surface area contributed by atoms with Crippen molar-refractivity contribution in [3.8, 4) is 5.75 Å². The van der Waals surface area contributed by atoms with E-state index in [1.807, 2.05) is 0 Å². The molecular weight excluding hydrogens is 257 g/mol. The average molecular weight is 276 g/mol. The van der Waals surface area contributed by atoms with Gasteiger partial charge in [0.2, 0.25) is 0 Å². The average Bonchev–Trinajstić information content (AvgIpc) is 2.29. The molecule has 0 aromatic heterocycles. The molecule has 19 heavy (non-hydrogen) atoms. The summed E-state index contributed by atoms with van der Waals surface area (Å²) in [4.78, 5) is 0. The zero-order valence-corrected chi connectivity index (χ0v) is 11.1. The highest BCUT2D eigenvalue weighted by Gasteiger charge is 2.13. The summed E-state index contributed by atoms with van der Waals surface area (Å²) in [6.07, 6.45) is 1.95. The Morgan fingerprint density at radius 3 is 2.58 bits per heavy atom.